The minimum absolute atomic E-state index is 0.249. The van der Waals surface area contributed by atoms with Gasteiger partial charge in [0, 0.05) is 5.69 Å². The number of nitrogen functional groups attached to an aromatic ring is 1. The zero-order valence-corrected chi connectivity index (χ0v) is 6.33. The first kappa shape index (κ1) is 8.82. The van der Waals surface area contributed by atoms with E-state index in [-0.39, 0.29) is 5.75 Å². The highest BCUT2D eigenvalue weighted by atomic mass is 16.3. The molecule has 0 amide bonds. The first-order valence-electron chi connectivity index (χ1n) is 3.33. The molecular weight excluding hydrogens is 126 g/mol. The second-order valence-corrected chi connectivity index (χ2v) is 1.59. The van der Waals surface area contributed by atoms with Crippen LogP contribution in [-0.2, 0) is 0 Å². The van der Waals surface area contributed by atoms with Crippen LogP contribution < -0.4 is 5.73 Å². The lowest BCUT2D eigenvalue weighted by Gasteiger charge is -1.89. The number of benzene rings is 1. The van der Waals surface area contributed by atoms with E-state index >= 15 is 0 Å². The first-order chi connectivity index (χ1) is 4.79. The Balaban J connectivity index is 0.000000371. The van der Waals surface area contributed by atoms with Crippen LogP contribution in [0.3, 0.4) is 0 Å². The van der Waals surface area contributed by atoms with Gasteiger partial charge in [0.15, 0.2) is 0 Å². The molecule has 0 unspecified atom stereocenters. The molecule has 0 saturated heterocycles. The highest BCUT2D eigenvalue weighted by Crippen LogP contribution is 2.09. The molecule has 1 rings (SSSR count). The lowest BCUT2D eigenvalue weighted by atomic mass is 10.3. The molecule has 56 valence electrons. The number of hydrogen-bond acceptors (Lipinski definition) is 2. The summed E-state index contributed by atoms with van der Waals surface area (Å²) < 4.78 is 0. The third kappa shape index (κ3) is 2.97. The van der Waals surface area contributed by atoms with Crippen molar-refractivity contribution in [1.29, 1.82) is 0 Å². The van der Waals surface area contributed by atoms with Gasteiger partial charge < -0.3 is 10.8 Å². The monoisotopic (exact) mass is 139 g/mol. The van der Waals surface area contributed by atoms with Crippen molar-refractivity contribution < 1.29 is 5.11 Å². The van der Waals surface area contributed by atoms with Gasteiger partial charge in [-0.25, -0.2) is 0 Å². The van der Waals surface area contributed by atoms with Crippen LogP contribution in [0.2, 0.25) is 0 Å². The SMILES string of the molecule is CC.Nc1ccc(O)cc1. The zero-order chi connectivity index (χ0) is 7.98. The molecule has 0 aliphatic carbocycles. The lowest BCUT2D eigenvalue weighted by Crippen LogP contribution is -1.80. The summed E-state index contributed by atoms with van der Waals surface area (Å²) in [5.41, 5.74) is 5.98. The van der Waals surface area contributed by atoms with Crippen LogP contribution in [0.25, 0.3) is 0 Å². The summed E-state index contributed by atoms with van der Waals surface area (Å²) in [6, 6.07) is 6.40. The van der Waals surface area contributed by atoms with Crippen LogP contribution >= 0.6 is 0 Å². The fourth-order valence-corrected chi connectivity index (χ4v) is 0.474. The Morgan fingerprint density at radius 1 is 1.10 bits per heavy atom. The normalized spacial score (nSPS) is 7.80. The Labute approximate surface area is 61.3 Å². The van der Waals surface area contributed by atoms with Crippen molar-refractivity contribution in [3.8, 4) is 5.75 Å². The van der Waals surface area contributed by atoms with Gasteiger partial charge in [-0.15, -0.1) is 0 Å². The second kappa shape index (κ2) is 4.68. The van der Waals surface area contributed by atoms with Gasteiger partial charge in [0.2, 0.25) is 0 Å². The maximum atomic E-state index is 8.70. The van der Waals surface area contributed by atoms with E-state index in [4.69, 9.17) is 10.8 Å². The summed E-state index contributed by atoms with van der Waals surface area (Å²) in [6.45, 7) is 4.00. The molecule has 10 heavy (non-hydrogen) atoms. The molecule has 0 heterocycles. The molecular formula is C8H13NO. The molecule has 2 heteroatoms. The summed E-state index contributed by atoms with van der Waals surface area (Å²) in [6.07, 6.45) is 0. The van der Waals surface area contributed by atoms with E-state index in [0.29, 0.717) is 5.69 Å². The maximum Gasteiger partial charge on any atom is 0.115 e. The van der Waals surface area contributed by atoms with Crippen LogP contribution in [0.4, 0.5) is 5.69 Å². The fourth-order valence-electron chi connectivity index (χ4n) is 0.474. The van der Waals surface area contributed by atoms with E-state index in [1.54, 1.807) is 24.3 Å². The van der Waals surface area contributed by atoms with Crippen molar-refractivity contribution in [3.05, 3.63) is 24.3 Å². The fraction of sp³-hybridized carbons (Fsp3) is 0.250. The van der Waals surface area contributed by atoms with E-state index < -0.39 is 0 Å². The van der Waals surface area contributed by atoms with Crippen LogP contribution in [0.5, 0.6) is 5.75 Å². The van der Waals surface area contributed by atoms with Crippen molar-refractivity contribution >= 4 is 5.69 Å². The molecule has 0 spiro atoms. The minimum atomic E-state index is 0.249. The Morgan fingerprint density at radius 2 is 1.50 bits per heavy atom. The van der Waals surface area contributed by atoms with Gasteiger partial charge >= 0.3 is 0 Å². The predicted octanol–water partition coefficient (Wildman–Crippen LogP) is 2.00. The van der Waals surface area contributed by atoms with Crippen molar-refractivity contribution in [3.63, 3.8) is 0 Å². The molecule has 0 aromatic heterocycles. The van der Waals surface area contributed by atoms with E-state index in [0.717, 1.165) is 0 Å². The third-order valence-electron chi connectivity index (χ3n) is 0.893. The van der Waals surface area contributed by atoms with Crippen LogP contribution in [-0.4, -0.2) is 5.11 Å². The van der Waals surface area contributed by atoms with Gasteiger partial charge in [0.05, 0.1) is 0 Å². The van der Waals surface area contributed by atoms with E-state index in [9.17, 15) is 0 Å². The molecule has 0 aliphatic rings. The summed E-state index contributed by atoms with van der Waals surface area (Å²) in [7, 11) is 0. The first-order valence-corrected chi connectivity index (χ1v) is 3.33. The number of rotatable bonds is 0. The van der Waals surface area contributed by atoms with Crippen molar-refractivity contribution in [1.82, 2.24) is 0 Å². The Kier molecular flexibility index (Phi) is 4.12. The highest BCUT2D eigenvalue weighted by molar-refractivity contribution is 5.40. The number of phenolic OH excluding ortho intramolecular Hbond substituents is 1. The molecule has 1 aromatic rings. The standard InChI is InChI=1S/C6H7NO.C2H6/c7-5-1-3-6(8)4-2-5;1-2/h1-4,8H,7H2;1-2H3. The summed E-state index contributed by atoms with van der Waals surface area (Å²) in [4.78, 5) is 0. The average molecular weight is 139 g/mol. The van der Waals surface area contributed by atoms with Crippen LogP contribution in [0, 0.1) is 0 Å². The van der Waals surface area contributed by atoms with Gasteiger partial charge in [-0.3, -0.25) is 0 Å². The Bertz CT molecular complexity index is 148. The van der Waals surface area contributed by atoms with E-state index in [1.165, 1.54) is 0 Å². The number of nitrogens with two attached hydrogens (primary N) is 1. The van der Waals surface area contributed by atoms with E-state index in [1.807, 2.05) is 13.8 Å². The number of anilines is 1. The third-order valence-corrected chi connectivity index (χ3v) is 0.893. The van der Waals surface area contributed by atoms with Crippen LogP contribution in [0.15, 0.2) is 24.3 Å². The van der Waals surface area contributed by atoms with Gasteiger partial charge in [-0.1, -0.05) is 13.8 Å². The quantitative estimate of drug-likeness (QED) is 0.426. The van der Waals surface area contributed by atoms with Gasteiger partial charge in [0.1, 0.15) is 5.75 Å². The van der Waals surface area contributed by atoms with E-state index in [2.05, 4.69) is 0 Å². The molecule has 0 saturated carbocycles. The van der Waals surface area contributed by atoms with Crippen LogP contribution in [0.1, 0.15) is 13.8 Å². The maximum absolute atomic E-state index is 8.70. The Morgan fingerprint density at radius 3 is 1.80 bits per heavy atom. The average Bonchev–Trinajstić information content (AvgIpc) is 2.00. The number of hydrogen-bond donors (Lipinski definition) is 2. The topological polar surface area (TPSA) is 46.2 Å². The number of aromatic hydroxyl groups is 1. The summed E-state index contributed by atoms with van der Waals surface area (Å²) in [5.74, 6) is 0.249. The lowest BCUT2D eigenvalue weighted by molar-refractivity contribution is 0.475. The molecule has 0 atom stereocenters. The summed E-state index contributed by atoms with van der Waals surface area (Å²) in [5, 5.41) is 8.70. The Hall–Kier alpha value is -1.18. The predicted molar refractivity (Wildman–Crippen MR) is 43.9 cm³/mol. The highest BCUT2D eigenvalue weighted by Gasteiger charge is 1.82. The molecule has 0 aliphatic heterocycles. The van der Waals surface area contributed by atoms with Crippen molar-refractivity contribution in [2.75, 3.05) is 5.73 Å². The van der Waals surface area contributed by atoms with Crippen molar-refractivity contribution in [2.45, 2.75) is 13.8 Å². The van der Waals surface area contributed by atoms with Gasteiger partial charge in [0.25, 0.3) is 0 Å². The second-order valence-electron chi connectivity index (χ2n) is 1.59. The largest absolute Gasteiger partial charge is 0.508 e. The molecule has 3 N–H and O–H groups in total. The molecule has 2 nitrogen and oxygen atoms in total. The minimum Gasteiger partial charge on any atom is -0.508 e. The number of phenols is 1. The van der Waals surface area contributed by atoms with Crippen molar-refractivity contribution in [2.24, 2.45) is 0 Å². The van der Waals surface area contributed by atoms with Gasteiger partial charge in [-0.2, -0.15) is 0 Å². The molecule has 1 aromatic carbocycles. The van der Waals surface area contributed by atoms with Gasteiger partial charge in [-0.05, 0) is 24.3 Å². The molecule has 0 radical (unpaired) electrons. The smallest absolute Gasteiger partial charge is 0.115 e. The molecule has 0 fully saturated rings. The molecule has 0 bridgehead atoms. The zero-order valence-electron chi connectivity index (χ0n) is 6.33. The summed E-state index contributed by atoms with van der Waals surface area (Å²) >= 11 is 0.